The fourth-order valence-corrected chi connectivity index (χ4v) is 3.57. The van der Waals surface area contributed by atoms with E-state index in [1.807, 2.05) is 6.07 Å². The van der Waals surface area contributed by atoms with Crippen LogP contribution in [0, 0.1) is 6.92 Å². The van der Waals surface area contributed by atoms with Crippen LogP contribution in [0.3, 0.4) is 0 Å². The van der Waals surface area contributed by atoms with Gasteiger partial charge in [-0.2, -0.15) is 8.42 Å². The Kier molecular flexibility index (Phi) is 4.69. The van der Waals surface area contributed by atoms with E-state index in [9.17, 15) is 8.42 Å². The van der Waals surface area contributed by atoms with Gasteiger partial charge in [-0.15, -0.1) is 0 Å². The number of pyridine rings is 1. The molecule has 3 rings (SSSR count). The largest absolute Gasteiger partial charge is 0.497 e. The van der Waals surface area contributed by atoms with E-state index in [4.69, 9.17) is 16.3 Å². The van der Waals surface area contributed by atoms with Crippen molar-refractivity contribution in [2.75, 3.05) is 16.6 Å². The number of aromatic nitrogens is 1. The number of benzene rings is 2. The summed E-state index contributed by atoms with van der Waals surface area (Å²) in [7, 11) is -2.38. The molecular weight excluding hydrogens is 362 g/mol. The van der Waals surface area contributed by atoms with E-state index in [-0.39, 0.29) is 0 Å². The molecule has 0 aliphatic carbocycles. The molecule has 0 radical (unpaired) electrons. The molecule has 0 saturated heterocycles. The Hall–Kier alpha value is -2.51. The van der Waals surface area contributed by atoms with Gasteiger partial charge >= 0.3 is 10.2 Å². The van der Waals surface area contributed by atoms with Gasteiger partial charge in [0.15, 0.2) is 0 Å². The van der Waals surface area contributed by atoms with Crippen LogP contribution < -0.4 is 14.2 Å². The van der Waals surface area contributed by atoms with Gasteiger partial charge in [-0.25, -0.2) is 0 Å². The number of methoxy groups -OCH3 is 1. The first kappa shape index (κ1) is 17.3. The molecule has 6 nitrogen and oxygen atoms in total. The zero-order chi connectivity index (χ0) is 18.0. The fraction of sp³-hybridized carbons (Fsp3) is 0.118. The summed E-state index contributed by atoms with van der Waals surface area (Å²) in [6, 6.07) is 12.0. The zero-order valence-electron chi connectivity index (χ0n) is 13.6. The number of anilines is 2. The van der Waals surface area contributed by atoms with Crippen molar-refractivity contribution in [1.29, 1.82) is 0 Å². The summed E-state index contributed by atoms with van der Waals surface area (Å²) in [5.41, 5.74) is 1.89. The lowest BCUT2D eigenvalue weighted by molar-refractivity contribution is 0.415. The lowest BCUT2D eigenvalue weighted by Crippen LogP contribution is -2.22. The molecule has 8 heteroatoms. The Morgan fingerprint density at radius 1 is 1.08 bits per heavy atom. The number of nitrogens with zero attached hydrogens (tertiary/aromatic N) is 1. The molecular formula is C17H16ClN3O3S. The van der Waals surface area contributed by atoms with E-state index in [2.05, 4.69) is 14.4 Å². The molecule has 0 atom stereocenters. The molecule has 1 heterocycles. The maximum Gasteiger partial charge on any atom is 0.321 e. The highest BCUT2D eigenvalue weighted by atomic mass is 35.5. The fourth-order valence-electron chi connectivity index (χ4n) is 2.39. The first-order chi connectivity index (χ1) is 11.9. The smallest absolute Gasteiger partial charge is 0.321 e. The maximum absolute atomic E-state index is 12.5. The van der Waals surface area contributed by atoms with Gasteiger partial charge in [-0.3, -0.25) is 14.4 Å². The minimum absolute atomic E-state index is 0.321. The highest BCUT2D eigenvalue weighted by molar-refractivity contribution is 7.94. The van der Waals surface area contributed by atoms with Crippen molar-refractivity contribution in [3.63, 3.8) is 0 Å². The van der Waals surface area contributed by atoms with Crippen molar-refractivity contribution in [3.05, 3.63) is 59.2 Å². The SMILES string of the molecule is COc1cc(NS(=O)(=O)Nc2cccc(Cl)c2C)c2ncccc2c1. The third kappa shape index (κ3) is 3.78. The second kappa shape index (κ2) is 6.78. The maximum atomic E-state index is 12.5. The number of nitrogens with one attached hydrogen (secondary N) is 2. The number of hydrogen-bond acceptors (Lipinski definition) is 4. The van der Waals surface area contributed by atoms with E-state index >= 15 is 0 Å². The van der Waals surface area contributed by atoms with Crippen LogP contribution in [-0.2, 0) is 10.2 Å². The van der Waals surface area contributed by atoms with Gasteiger partial charge in [-0.1, -0.05) is 23.7 Å². The van der Waals surface area contributed by atoms with Gasteiger partial charge in [-0.05, 0) is 36.8 Å². The Labute approximate surface area is 151 Å². The number of halogens is 1. The number of fused-ring (bicyclic) bond motifs is 1. The van der Waals surface area contributed by atoms with Gasteiger partial charge in [0.1, 0.15) is 5.75 Å². The molecule has 0 unspecified atom stereocenters. The standard InChI is InChI=1S/C17H16ClN3O3S/c1-11-14(18)6-3-7-15(11)20-25(22,23)21-16-10-13(24-2)9-12-5-4-8-19-17(12)16/h3-10,20-21H,1-2H3. The summed E-state index contributed by atoms with van der Waals surface area (Å²) in [4.78, 5) is 4.25. The summed E-state index contributed by atoms with van der Waals surface area (Å²) in [5.74, 6) is 0.525. The molecule has 1 aromatic heterocycles. The van der Waals surface area contributed by atoms with E-state index in [0.29, 0.717) is 33.2 Å². The predicted octanol–water partition coefficient (Wildman–Crippen LogP) is 3.97. The quantitative estimate of drug-likeness (QED) is 0.704. The first-order valence-corrected chi connectivity index (χ1v) is 9.24. The van der Waals surface area contributed by atoms with Crippen molar-refractivity contribution in [1.82, 2.24) is 4.98 Å². The second-order valence-electron chi connectivity index (χ2n) is 5.37. The van der Waals surface area contributed by atoms with Crippen LogP contribution in [0.2, 0.25) is 5.02 Å². The average molecular weight is 378 g/mol. The van der Waals surface area contributed by atoms with Crippen LogP contribution in [0.25, 0.3) is 10.9 Å². The monoisotopic (exact) mass is 377 g/mol. The van der Waals surface area contributed by atoms with Crippen molar-refractivity contribution < 1.29 is 13.2 Å². The van der Waals surface area contributed by atoms with Crippen molar-refractivity contribution in [2.24, 2.45) is 0 Å². The Morgan fingerprint density at radius 3 is 2.60 bits per heavy atom. The number of hydrogen-bond donors (Lipinski definition) is 2. The van der Waals surface area contributed by atoms with E-state index in [1.54, 1.807) is 49.5 Å². The van der Waals surface area contributed by atoms with Crippen LogP contribution in [0.5, 0.6) is 5.75 Å². The van der Waals surface area contributed by atoms with Gasteiger partial charge in [0.05, 0.1) is 24.0 Å². The first-order valence-electron chi connectivity index (χ1n) is 7.38. The minimum atomic E-state index is -3.90. The van der Waals surface area contributed by atoms with Crippen LogP contribution in [0.1, 0.15) is 5.56 Å². The molecule has 130 valence electrons. The van der Waals surface area contributed by atoms with Crippen molar-refractivity contribution in [2.45, 2.75) is 6.92 Å². The van der Waals surface area contributed by atoms with Gasteiger partial charge < -0.3 is 4.74 Å². The molecule has 0 fully saturated rings. The van der Waals surface area contributed by atoms with Crippen molar-refractivity contribution >= 4 is 44.1 Å². The predicted molar refractivity (Wildman–Crippen MR) is 101 cm³/mol. The summed E-state index contributed by atoms with van der Waals surface area (Å²) in [5, 5.41) is 1.24. The topological polar surface area (TPSA) is 80.3 Å². The molecule has 2 aromatic carbocycles. The van der Waals surface area contributed by atoms with Crippen LogP contribution in [0.4, 0.5) is 11.4 Å². The van der Waals surface area contributed by atoms with E-state index < -0.39 is 10.2 Å². The summed E-state index contributed by atoms with van der Waals surface area (Å²) in [6.45, 7) is 1.74. The second-order valence-corrected chi connectivity index (χ2v) is 7.19. The Morgan fingerprint density at radius 2 is 1.84 bits per heavy atom. The molecule has 0 amide bonds. The summed E-state index contributed by atoms with van der Waals surface area (Å²) < 4.78 is 35.3. The third-order valence-electron chi connectivity index (χ3n) is 3.67. The van der Waals surface area contributed by atoms with Crippen molar-refractivity contribution in [3.8, 4) is 5.75 Å². The van der Waals surface area contributed by atoms with E-state index in [1.165, 1.54) is 7.11 Å². The Bertz CT molecular complexity index is 1040. The normalized spacial score (nSPS) is 11.3. The van der Waals surface area contributed by atoms with Crippen LogP contribution in [0.15, 0.2) is 48.7 Å². The van der Waals surface area contributed by atoms with Crippen LogP contribution in [-0.4, -0.2) is 20.5 Å². The Balaban J connectivity index is 1.98. The summed E-state index contributed by atoms with van der Waals surface area (Å²) in [6.07, 6.45) is 1.60. The molecule has 3 aromatic rings. The minimum Gasteiger partial charge on any atom is -0.497 e. The number of rotatable bonds is 5. The molecule has 25 heavy (non-hydrogen) atoms. The van der Waals surface area contributed by atoms with E-state index in [0.717, 1.165) is 5.39 Å². The highest BCUT2D eigenvalue weighted by Gasteiger charge is 2.16. The molecule has 0 bridgehead atoms. The number of ether oxygens (including phenoxy) is 1. The molecule has 0 spiro atoms. The molecule has 0 saturated carbocycles. The summed E-state index contributed by atoms with van der Waals surface area (Å²) >= 11 is 6.04. The zero-order valence-corrected chi connectivity index (χ0v) is 15.1. The third-order valence-corrected chi connectivity index (χ3v) is 5.06. The molecule has 0 aliphatic rings. The van der Waals surface area contributed by atoms with Gasteiger partial charge in [0.2, 0.25) is 0 Å². The van der Waals surface area contributed by atoms with Gasteiger partial charge in [0, 0.05) is 22.7 Å². The molecule has 2 N–H and O–H groups in total. The lowest BCUT2D eigenvalue weighted by atomic mass is 10.2. The average Bonchev–Trinajstić information content (AvgIpc) is 2.58. The highest BCUT2D eigenvalue weighted by Crippen LogP contribution is 2.29. The van der Waals surface area contributed by atoms with Crippen LogP contribution >= 0.6 is 11.6 Å². The molecule has 0 aliphatic heterocycles. The van der Waals surface area contributed by atoms with Gasteiger partial charge in [0.25, 0.3) is 0 Å². The lowest BCUT2D eigenvalue weighted by Gasteiger charge is -2.14.